The van der Waals surface area contributed by atoms with Gasteiger partial charge in [0.05, 0.1) is 62.1 Å². The first-order chi connectivity index (χ1) is 19.9. The fourth-order valence-corrected chi connectivity index (χ4v) is 9.50. The van der Waals surface area contributed by atoms with Crippen molar-refractivity contribution in [3.8, 4) is 11.5 Å². The Bertz CT molecular complexity index is 1580. The van der Waals surface area contributed by atoms with Crippen molar-refractivity contribution in [1.29, 1.82) is 0 Å². The SMILES string of the molecule is COc1cc2c(cc1OC)[C@@]13CCN4CC5=CCO[C@H]6CC(=O)N2[C@H]1[C@H]6[C@H]5C1(OC(=O)c2ccccc2C(=O)O1)[C@H]43. The van der Waals surface area contributed by atoms with E-state index in [1.54, 1.807) is 38.5 Å². The number of ether oxygens (including phenoxy) is 5. The first-order valence-corrected chi connectivity index (χ1v) is 14.1. The van der Waals surface area contributed by atoms with Crippen LogP contribution in [0.1, 0.15) is 39.1 Å². The zero-order valence-corrected chi connectivity index (χ0v) is 22.6. The lowest BCUT2D eigenvalue weighted by molar-refractivity contribution is -0.281. The van der Waals surface area contributed by atoms with E-state index in [1.165, 1.54) is 0 Å². The van der Waals surface area contributed by atoms with Crippen molar-refractivity contribution in [2.75, 3.05) is 38.8 Å². The Labute approximate surface area is 235 Å². The van der Waals surface area contributed by atoms with Crippen LogP contribution in [-0.4, -0.2) is 80.6 Å². The molecule has 0 radical (unpaired) electrons. The second kappa shape index (κ2) is 7.68. The summed E-state index contributed by atoms with van der Waals surface area (Å²) in [7, 11) is 3.17. The maximum Gasteiger partial charge on any atom is 0.342 e. The topological polar surface area (TPSA) is 104 Å². The molecule has 4 fully saturated rings. The number of nitrogens with zero attached hydrogens (tertiary/aromatic N) is 2. The molecule has 2 spiro atoms. The molecule has 2 bridgehead atoms. The fourth-order valence-electron chi connectivity index (χ4n) is 9.50. The molecule has 6 atom stereocenters. The quantitative estimate of drug-likeness (QED) is 0.408. The second-order valence-corrected chi connectivity index (χ2v) is 12.1. The monoisotopic (exact) mass is 556 g/mol. The van der Waals surface area contributed by atoms with Crippen LogP contribution in [-0.2, 0) is 24.4 Å². The van der Waals surface area contributed by atoms with Crippen LogP contribution in [0.2, 0.25) is 0 Å². The first kappa shape index (κ1) is 23.8. The van der Waals surface area contributed by atoms with Crippen molar-refractivity contribution in [3.05, 3.63) is 64.7 Å². The van der Waals surface area contributed by atoms with Crippen LogP contribution in [0.15, 0.2) is 48.0 Å². The van der Waals surface area contributed by atoms with Gasteiger partial charge >= 0.3 is 11.9 Å². The van der Waals surface area contributed by atoms with E-state index in [9.17, 15) is 14.4 Å². The Balaban J connectivity index is 1.36. The van der Waals surface area contributed by atoms with Crippen molar-refractivity contribution in [2.45, 2.75) is 42.2 Å². The summed E-state index contributed by atoms with van der Waals surface area (Å²) in [6.07, 6.45) is 2.47. The predicted octanol–water partition coefficient (Wildman–Crippen LogP) is 2.44. The average molecular weight is 557 g/mol. The van der Waals surface area contributed by atoms with E-state index in [0.717, 1.165) is 16.8 Å². The summed E-state index contributed by atoms with van der Waals surface area (Å²) >= 11 is 0. The van der Waals surface area contributed by atoms with Crippen molar-refractivity contribution in [1.82, 2.24) is 4.90 Å². The van der Waals surface area contributed by atoms with Gasteiger partial charge in [-0.15, -0.1) is 0 Å². The van der Waals surface area contributed by atoms with E-state index in [2.05, 4.69) is 4.90 Å². The van der Waals surface area contributed by atoms with Gasteiger partial charge in [-0.2, -0.15) is 0 Å². The third-order valence-electron chi connectivity index (χ3n) is 10.7. The Morgan fingerprint density at radius 3 is 2.39 bits per heavy atom. The molecule has 7 aliphatic rings. The molecular weight excluding hydrogens is 528 g/mol. The number of fused-ring (bicyclic) bond motifs is 3. The standard InChI is InChI=1S/C31H28N2O8/c1-37-20-11-18-19(12-21(20)38-2)33-23(34)13-22-24-25-15(7-10-39-22)14-32-9-8-30(18,26(24)33)29(32)31(25)40-27(35)16-5-3-4-6-17(16)28(36)41-31/h3-7,11-12,22,24-26,29H,8-10,13-14H2,1-2H3/t22-,24+,25-,26-,29+,30-/m0/s1. The molecule has 6 aliphatic heterocycles. The third kappa shape index (κ3) is 2.60. The smallest absolute Gasteiger partial charge is 0.342 e. The largest absolute Gasteiger partial charge is 0.493 e. The van der Waals surface area contributed by atoms with Crippen LogP contribution in [0.5, 0.6) is 11.5 Å². The highest BCUT2D eigenvalue weighted by atomic mass is 16.7. The molecular formula is C31H28N2O8. The number of methoxy groups -OCH3 is 2. The molecule has 2 aromatic rings. The van der Waals surface area contributed by atoms with Gasteiger partial charge in [0.15, 0.2) is 11.5 Å². The normalized spacial score (nSPS) is 35.1. The van der Waals surface area contributed by atoms with E-state index >= 15 is 0 Å². The summed E-state index contributed by atoms with van der Waals surface area (Å²) in [4.78, 5) is 46.0. The van der Waals surface area contributed by atoms with Gasteiger partial charge in [0.25, 0.3) is 5.79 Å². The lowest BCUT2D eigenvalue weighted by Gasteiger charge is -2.64. The Hall–Kier alpha value is -3.89. The average Bonchev–Trinajstić information content (AvgIpc) is 3.40. The lowest BCUT2D eigenvalue weighted by atomic mass is 9.51. The minimum absolute atomic E-state index is 0.0141. The molecule has 41 heavy (non-hydrogen) atoms. The minimum atomic E-state index is -1.61. The van der Waals surface area contributed by atoms with Gasteiger partial charge in [0.1, 0.15) is 6.04 Å². The summed E-state index contributed by atoms with van der Waals surface area (Å²) in [5, 5.41) is 0. The van der Waals surface area contributed by atoms with Crippen LogP contribution in [0.4, 0.5) is 5.69 Å². The lowest BCUT2D eigenvalue weighted by Crippen LogP contribution is -2.80. The minimum Gasteiger partial charge on any atom is -0.493 e. The maximum atomic E-state index is 14.0. The molecule has 1 saturated carbocycles. The summed E-state index contributed by atoms with van der Waals surface area (Å²) < 4.78 is 30.9. The zero-order valence-electron chi connectivity index (χ0n) is 22.6. The van der Waals surface area contributed by atoms with Gasteiger partial charge in [-0.25, -0.2) is 9.59 Å². The first-order valence-electron chi connectivity index (χ1n) is 14.1. The summed E-state index contributed by atoms with van der Waals surface area (Å²) in [6, 6.07) is 9.69. The molecule has 1 aliphatic carbocycles. The highest BCUT2D eigenvalue weighted by Gasteiger charge is 2.81. The van der Waals surface area contributed by atoms with Crippen LogP contribution >= 0.6 is 0 Å². The summed E-state index contributed by atoms with van der Waals surface area (Å²) in [6.45, 7) is 1.67. The Kier molecular flexibility index (Phi) is 4.46. The third-order valence-corrected chi connectivity index (χ3v) is 10.7. The van der Waals surface area contributed by atoms with E-state index < -0.39 is 41.2 Å². The molecule has 3 saturated heterocycles. The van der Waals surface area contributed by atoms with Gasteiger partial charge < -0.3 is 28.6 Å². The number of amides is 1. The molecule has 10 nitrogen and oxygen atoms in total. The number of rotatable bonds is 2. The number of anilines is 1. The predicted molar refractivity (Wildman–Crippen MR) is 142 cm³/mol. The van der Waals surface area contributed by atoms with Gasteiger partial charge in [-0.3, -0.25) is 9.69 Å². The van der Waals surface area contributed by atoms with E-state index in [4.69, 9.17) is 23.7 Å². The molecule has 210 valence electrons. The van der Waals surface area contributed by atoms with Crippen LogP contribution in [0.25, 0.3) is 0 Å². The number of hydrogen-bond acceptors (Lipinski definition) is 9. The Morgan fingerprint density at radius 2 is 1.68 bits per heavy atom. The summed E-state index contributed by atoms with van der Waals surface area (Å²) in [5.41, 5.74) is 2.40. The second-order valence-electron chi connectivity index (χ2n) is 12.1. The number of benzene rings is 2. The molecule has 1 amide bonds. The molecule has 0 unspecified atom stereocenters. The molecule has 0 N–H and O–H groups in total. The van der Waals surface area contributed by atoms with Gasteiger partial charge in [0.2, 0.25) is 5.91 Å². The van der Waals surface area contributed by atoms with E-state index in [1.807, 2.05) is 23.1 Å². The van der Waals surface area contributed by atoms with Crippen molar-refractivity contribution in [2.24, 2.45) is 11.8 Å². The summed E-state index contributed by atoms with van der Waals surface area (Å²) in [5.74, 6) is -2.44. The van der Waals surface area contributed by atoms with E-state index in [-0.39, 0.29) is 35.4 Å². The molecule has 9 rings (SSSR count). The molecule has 10 heteroatoms. The van der Waals surface area contributed by atoms with Gasteiger partial charge in [0, 0.05) is 30.5 Å². The number of esters is 2. The highest BCUT2D eigenvalue weighted by Crippen LogP contribution is 2.70. The van der Waals surface area contributed by atoms with Crippen LogP contribution in [0.3, 0.4) is 0 Å². The van der Waals surface area contributed by atoms with Crippen molar-refractivity contribution >= 4 is 23.5 Å². The molecule has 0 aromatic heterocycles. The molecule has 6 heterocycles. The Morgan fingerprint density at radius 1 is 0.976 bits per heavy atom. The van der Waals surface area contributed by atoms with Gasteiger partial charge in [-0.05, 0) is 35.8 Å². The van der Waals surface area contributed by atoms with Crippen molar-refractivity contribution in [3.63, 3.8) is 0 Å². The maximum absolute atomic E-state index is 14.0. The number of piperidine rings is 2. The number of carbonyl (C=O) groups is 3. The van der Waals surface area contributed by atoms with Gasteiger partial charge in [-0.1, -0.05) is 18.2 Å². The number of carbonyl (C=O) groups excluding carboxylic acids is 3. The van der Waals surface area contributed by atoms with Crippen molar-refractivity contribution < 1.29 is 38.1 Å². The molecule has 2 aromatic carbocycles. The number of hydrogen-bond donors (Lipinski definition) is 0. The highest BCUT2D eigenvalue weighted by molar-refractivity contribution is 6.05. The van der Waals surface area contributed by atoms with E-state index in [0.29, 0.717) is 37.6 Å². The fraction of sp³-hybridized carbons (Fsp3) is 0.452. The van der Waals surface area contributed by atoms with Crippen LogP contribution in [0, 0.1) is 11.8 Å². The van der Waals surface area contributed by atoms with Crippen LogP contribution < -0.4 is 14.4 Å². The zero-order chi connectivity index (χ0) is 27.8.